The molecule has 2 N–H and O–H groups in total. The molecule has 0 aromatic carbocycles. The molecule has 0 spiro atoms. The highest BCUT2D eigenvalue weighted by Gasteiger charge is 2.27. The number of rotatable bonds is 5. The molecule has 0 bridgehead atoms. The maximum atomic E-state index is 11.8. The van der Waals surface area contributed by atoms with E-state index in [1.54, 1.807) is 0 Å². The first kappa shape index (κ1) is 17.2. The van der Waals surface area contributed by atoms with Gasteiger partial charge in [0.25, 0.3) is 0 Å². The van der Waals surface area contributed by atoms with E-state index >= 15 is 0 Å². The first-order valence-corrected chi connectivity index (χ1v) is 7.41. The molecule has 5 nitrogen and oxygen atoms in total. The highest BCUT2D eigenvalue weighted by molar-refractivity contribution is 5.68. The Balaban J connectivity index is 2.34. The number of carbonyl (C=O) groups excluding carboxylic acids is 1. The smallest absolute Gasteiger partial charge is 0.408 e. The van der Waals surface area contributed by atoms with Crippen LogP contribution >= 0.6 is 0 Å². The van der Waals surface area contributed by atoms with Crippen molar-refractivity contribution in [3.05, 3.63) is 0 Å². The average molecular weight is 286 g/mol. The molecule has 1 heterocycles. The number of amides is 1. The van der Waals surface area contributed by atoms with E-state index in [2.05, 4.69) is 17.6 Å². The van der Waals surface area contributed by atoms with Crippen LogP contribution in [0.15, 0.2) is 0 Å². The Morgan fingerprint density at radius 2 is 2.00 bits per heavy atom. The lowest BCUT2D eigenvalue weighted by atomic mass is 9.99. The molecule has 0 saturated carbocycles. The van der Waals surface area contributed by atoms with Crippen LogP contribution in [0.3, 0.4) is 0 Å². The molecule has 1 aliphatic rings. The van der Waals surface area contributed by atoms with E-state index in [1.807, 2.05) is 34.6 Å². The fraction of sp³-hybridized carbons (Fsp3) is 0.933. The maximum absolute atomic E-state index is 11.8. The van der Waals surface area contributed by atoms with E-state index in [0.717, 1.165) is 19.6 Å². The lowest BCUT2D eigenvalue weighted by Gasteiger charge is -2.31. The summed E-state index contributed by atoms with van der Waals surface area (Å²) in [5.41, 5.74) is -0.821. The lowest BCUT2D eigenvalue weighted by molar-refractivity contribution is 0.0469. The zero-order valence-electron chi connectivity index (χ0n) is 13.7. The van der Waals surface area contributed by atoms with Crippen molar-refractivity contribution < 1.29 is 14.3 Å². The lowest BCUT2D eigenvalue weighted by Crippen LogP contribution is -2.53. The average Bonchev–Trinajstić information content (AvgIpc) is 2.75. The molecule has 1 rings (SSSR count). The van der Waals surface area contributed by atoms with Gasteiger partial charge in [-0.05, 0) is 53.9 Å². The summed E-state index contributed by atoms with van der Waals surface area (Å²) < 4.78 is 10.7. The summed E-state index contributed by atoms with van der Waals surface area (Å²) in [5, 5.41) is 6.39. The zero-order valence-corrected chi connectivity index (χ0v) is 13.7. The Hall–Kier alpha value is -0.810. The molecule has 1 saturated heterocycles. The summed E-state index contributed by atoms with van der Waals surface area (Å²) in [4.78, 5) is 11.8. The van der Waals surface area contributed by atoms with E-state index < -0.39 is 5.60 Å². The molecule has 1 aliphatic heterocycles. The molecular weight excluding hydrogens is 256 g/mol. The quantitative estimate of drug-likeness (QED) is 0.814. The van der Waals surface area contributed by atoms with Crippen molar-refractivity contribution in [2.24, 2.45) is 5.92 Å². The van der Waals surface area contributed by atoms with Gasteiger partial charge in [-0.1, -0.05) is 0 Å². The normalized spacial score (nSPS) is 21.6. The minimum Gasteiger partial charge on any atom is -0.444 e. The SMILES string of the molecule is CC(NCC(C)(C)NC(=O)OC(C)(C)C)C1CCOC1. The first-order valence-electron chi connectivity index (χ1n) is 7.41. The van der Waals surface area contributed by atoms with Gasteiger partial charge in [-0.2, -0.15) is 0 Å². The summed E-state index contributed by atoms with van der Waals surface area (Å²) >= 11 is 0. The van der Waals surface area contributed by atoms with Gasteiger partial charge in [0.2, 0.25) is 0 Å². The van der Waals surface area contributed by atoms with Gasteiger partial charge in [-0.3, -0.25) is 0 Å². The first-order chi connectivity index (χ1) is 9.09. The Morgan fingerprint density at radius 1 is 1.35 bits per heavy atom. The Morgan fingerprint density at radius 3 is 2.50 bits per heavy atom. The van der Waals surface area contributed by atoms with Gasteiger partial charge >= 0.3 is 6.09 Å². The van der Waals surface area contributed by atoms with Crippen LogP contribution in [0.1, 0.15) is 48.0 Å². The highest BCUT2D eigenvalue weighted by atomic mass is 16.6. The molecule has 0 aromatic rings. The summed E-state index contributed by atoms with van der Waals surface area (Å²) in [6, 6.07) is 0.386. The Labute approximate surface area is 122 Å². The largest absolute Gasteiger partial charge is 0.444 e. The van der Waals surface area contributed by atoms with Crippen molar-refractivity contribution in [1.29, 1.82) is 0 Å². The van der Waals surface area contributed by atoms with Crippen LogP contribution in [0.4, 0.5) is 4.79 Å². The van der Waals surface area contributed by atoms with Crippen LogP contribution in [-0.4, -0.2) is 43.0 Å². The molecule has 20 heavy (non-hydrogen) atoms. The molecule has 118 valence electrons. The van der Waals surface area contributed by atoms with Crippen LogP contribution < -0.4 is 10.6 Å². The second kappa shape index (κ2) is 6.76. The van der Waals surface area contributed by atoms with E-state index in [4.69, 9.17) is 9.47 Å². The minimum atomic E-state index is -0.470. The van der Waals surface area contributed by atoms with Crippen LogP contribution in [-0.2, 0) is 9.47 Å². The number of alkyl carbamates (subject to hydrolysis) is 1. The summed E-state index contributed by atoms with van der Waals surface area (Å²) in [5.74, 6) is 0.562. The van der Waals surface area contributed by atoms with Crippen molar-refractivity contribution >= 4 is 6.09 Å². The second-order valence-electron chi connectivity index (χ2n) is 7.30. The maximum Gasteiger partial charge on any atom is 0.408 e. The number of carbonyl (C=O) groups is 1. The molecular formula is C15H30N2O3. The molecule has 5 heteroatoms. The number of ether oxygens (including phenoxy) is 2. The molecule has 0 radical (unpaired) electrons. The molecule has 0 aliphatic carbocycles. The molecule has 1 amide bonds. The summed E-state index contributed by atoms with van der Waals surface area (Å²) in [7, 11) is 0. The molecule has 2 atom stereocenters. The van der Waals surface area contributed by atoms with Gasteiger partial charge in [0, 0.05) is 19.2 Å². The third kappa shape index (κ3) is 6.57. The van der Waals surface area contributed by atoms with E-state index in [9.17, 15) is 4.79 Å². The topological polar surface area (TPSA) is 59.6 Å². The van der Waals surface area contributed by atoms with Gasteiger partial charge in [-0.15, -0.1) is 0 Å². The van der Waals surface area contributed by atoms with Gasteiger partial charge in [0.15, 0.2) is 0 Å². The van der Waals surface area contributed by atoms with Crippen molar-refractivity contribution in [1.82, 2.24) is 10.6 Å². The van der Waals surface area contributed by atoms with Crippen molar-refractivity contribution in [3.63, 3.8) is 0 Å². The van der Waals surface area contributed by atoms with Gasteiger partial charge in [0.1, 0.15) is 5.60 Å². The van der Waals surface area contributed by atoms with E-state index in [1.165, 1.54) is 0 Å². The van der Waals surface area contributed by atoms with E-state index in [0.29, 0.717) is 18.5 Å². The third-order valence-corrected chi connectivity index (χ3v) is 3.38. The Kier molecular flexibility index (Phi) is 5.83. The van der Waals surface area contributed by atoms with Crippen LogP contribution in [0.5, 0.6) is 0 Å². The summed E-state index contributed by atoms with van der Waals surface area (Å²) in [6.07, 6.45) is 0.731. The van der Waals surface area contributed by atoms with E-state index in [-0.39, 0.29) is 11.6 Å². The number of hydrogen-bond acceptors (Lipinski definition) is 4. The summed E-state index contributed by atoms with van der Waals surface area (Å²) in [6.45, 7) is 14.1. The fourth-order valence-corrected chi connectivity index (χ4v) is 2.15. The second-order valence-corrected chi connectivity index (χ2v) is 7.30. The number of nitrogens with one attached hydrogen (secondary N) is 2. The van der Waals surface area contributed by atoms with Crippen molar-refractivity contribution in [2.45, 2.75) is 65.1 Å². The van der Waals surface area contributed by atoms with Crippen molar-refractivity contribution in [2.75, 3.05) is 19.8 Å². The number of hydrogen-bond donors (Lipinski definition) is 2. The molecule has 2 unspecified atom stereocenters. The minimum absolute atomic E-state index is 0.351. The van der Waals surface area contributed by atoms with Gasteiger partial charge < -0.3 is 20.1 Å². The molecule has 0 aromatic heterocycles. The van der Waals surface area contributed by atoms with Crippen LogP contribution in [0.25, 0.3) is 0 Å². The third-order valence-electron chi connectivity index (χ3n) is 3.38. The predicted octanol–water partition coefficient (Wildman–Crippen LogP) is 2.30. The highest BCUT2D eigenvalue weighted by Crippen LogP contribution is 2.17. The van der Waals surface area contributed by atoms with Gasteiger partial charge in [0.05, 0.1) is 12.1 Å². The fourth-order valence-electron chi connectivity index (χ4n) is 2.15. The predicted molar refractivity (Wildman–Crippen MR) is 79.8 cm³/mol. The Bertz CT molecular complexity index is 318. The monoisotopic (exact) mass is 286 g/mol. The van der Waals surface area contributed by atoms with Crippen molar-refractivity contribution in [3.8, 4) is 0 Å². The zero-order chi connectivity index (χ0) is 15.4. The van der Waals surface area contributed by atoms with Gasteiger partial charge in [-0.25, -0.2) is 4.79 Å². The standard InChI is InChI=1S/C15H30N2O3/c1-11(12-7-8-19-9-12)16-10-15(5,6)17-13(18)20-14(2,3)4/h11-12,16H,7-10H2,1-6H3,(H,17,18). The molecule has 1 fully saturated rings. The van der Waals surface area contributed by atoms with Crippen LogP contribution in [0.2, 0.25) is 0 Å². The van der Waals surface area contributed by atoms with Crippen LogP contribution in [0, 0.1) is 5.92 Å².